The lowest BCUT2D eigenvalue weighted by molar-refractivity contribution is 0.0107. The van der Waals surface area contributed by atoms with E-state index in [9.17, 15) is 9.90 Å². The molecule has 1 saturated heterocycles. The van der Waals surface area contributed by atoms with Gasteiger partial charge in [-0.05, 0) is 49.7 Å². The van der Waals surface area contributed by atoms with Crippen LogP contribution in [0.15, 0.2) is 42.7 Å². The maximum atomic E-state index is 12.7. The third-order valence-electron chi connectivity index (χ3n) is 4.85. The summed E-state index contributed by atoms with van der Waals surface area (Å²) < 4.78 is 0. The van der Waals surface area contributed by atoms with E-state index < -0.39 is 5.60 Å². The van der Waals surface area contributed by atoms with E-state index in [0.717, 1.165) is 18.8 Å². The predicted octanol–water partition coefficient (Wildman–Crippen LogP) is 1.88. The first kappa shape index (κ1) is 18.5. The molecule has 0 aliphatic carbocycles. The second-order valence-electron chi connectivity index (χ2n) is 7.02. The number of likely N-dealkylation sites (N-methyl/N-ethyl adjacent to an activating group) is 1. The predicted molar refractivity (Wildman–Crippen MR) is 99.6 cm³/mol. The van der Waals surface area contributed by atoms with Gasteiger partial charge in [0.2, 0.25) is 0 Å². The monoisotopic (exact) mass is 354 g/mol. The molecule has 1 aliphatic heterocycles. The Labute approximate surface area is 154 Å². The van der Waals surface area contributed by atoms with Gasteiger partial charge in [-0.15, -0.1) is 0 Å². The minimum absolute atomic E-state index is 0.109. The SMILES string of the molecule is CCN(Cc1ccncc1)C[C@]1(O)CCN(C(=O)c2cccc(C)n2)C1. The summed E-state index contributed by atoms with van der Waals surface area (Å²) in [7, 11) is 0. The Morgan fingerprint density at radius 1 is 1.31 bits per heavy atom. The fourth-order valence-corrected chi connectivity index (χ4v) is 3.43. The van der Waals surface area contributed by atoms with Crippen molar-refractivity contribution in [1.29, 1.82) is 0 Å². The molecule has 26 heavy (non-hydrogen) atoms. The van der Waals surface area contributed by atoms with Crippen molar-refractivity contribution in [3.63, 3.8) is 0 Å². The van der Waals surface area contributed by atoms with Crippen LogP contribution in [0.25, 0.3) is 0 Å². The van der Waals surface area contributed by atoms with Gasteiger partial charge in [0, 0.05) is 37.7 Å². The van der Waals surface area contributed by atoms with Crippen LogP contribution in [0.1, 0.15) is 35.1 Å². The Balaban J connectivity index is 1.63. The number of amides is 1. The van der Waals surface area contributed by atoms with Crippen molar-refractivity contribution in [2.45, 2.75) is 32.4 Å². The molecular formula is C20H26N4O2. The van der Waals surface area contributed by atoms with Crippen LogP contribution in [0, 0.1) is 6.92 Å². The van der Waals surface area contributed by atoms with Crippen molar-refractivity contribution in [1.82, 2.24) is 19.8 Å². The number of carbonyl (C=O) groups excluding carboxylic acids is 1. The molecule has 1 atom stereocenters. The number of rotatable bonds is 6. The molecule has 2 aromatic rings. The zero-order valence-electron chi connectivity index (χ0n) is 15.4. The molecule has 0 bridgehead atoms. The van der Waals surface area contributed by atoms with Crippen molar-refractivity contribution in [3.05, 3.63) is 59.7 Å². The molecule has 1 N–H and O–H groups in total. The first-order valence-corrected chi connectivity index (χ1v) is 9.06. The van der Waals surface area contributed by atoms with E-state index in [0.29, 0.717) is 31.7 Å². The molecule has 1 fully saturated rings. The largest absolute Gasteiger partial charge is 0.387 e. The van der Waals surface area contributed by atoms with E-state index in [2.05, 4.69) is 21.8 Å². The molecule has 138 valence electrons. The number of likely N-dealkylation sites (tertiary alicyclic amines) is 1. The Bertz CT molecular complexity index is 752. The average molecular weight is 354 g/mol. The first-order valence-electron chi connectivity index (χ1n) is 9.06. The van der Waals surface area contributed by atoms with Gasteiger partial charge in [-0.3, -0.25) is 14.7 Å². The minimum atomic E-state index is -0.886. The molecule has 1 aliphatic rings. The van der Waals surface area contributed by atoms with Gasteiger partial charge in [0.05, 0.1) is 12.1 Å². The van der Waals surface area contributed by atoms with Crippen LogP contribution in [0.4, 0.5) is 0 Å². The van der Waals surface area contributed by atoms with E-state index in [4.69, 9.17) is 0 Å². The number of hydrogen-bond acceptors (Lipinski definition) is 5. The quantitative estimate of drug-likeness (QED) is 0.858. The molecular weight excluding hydrogens is 328 g/mol. The van der Waals surface area contributed by atoms with E-state index >= 15 is 0 Å². The summed E-state index contributed by atoms with van der Waals surface area (Å²) >= 11 is 0. The summed E-state index contributed by atoms with van der Waals surface area (Å²) in [6.07, 6.45) is 4.14. The normalized spacial score (nSPS) is 19.9. The van der Waals surface area contributed by atoms with Crippen LogP contribution in [0.2, 0.25) is 0 Å². The van der Waals surface area contributed by atoms with E-state index in [-0.39, 0.29) is 5.91 Å². The third kappa shape index (κ3) is 4.45. The van der Waals surface area contributed by atoms with Gasteiger partial charge >= 0.3 is 0 Å². The summed E-state index contributed by atoms with van der Waals surface area (Å²) in [5, 5.41) is 11.0. The van der Waals surface area contributed by atoms with Crippen molar-refractivity contribution in [2.75, 3.05) is 26.2 Å². The summed E-state index contributed by atoms with van der Waals surface area (Å²) in [5.74, 6) is -0.109. The summed E-state index contributed by atoms with van der Waals surface area (Å²) in [6.45, 7) is 6.98. The summed E-state index contributed by atoms with van der Waals surface area (Å²) in [6, 6.07) is 9.41. The topological polar surface area (TPSA) is 69.6 Å². The molecule has 3 heterocycles. The van der Waals surface area contributed by atoms with Crippen molar-refractivity contribution in [2.24, 2.45) is 0 Å². The lowest BCUT2D eigenvalue weighted by Gasteiger charge is -2.30. The van der Waals surface area contributed by atoms with Crippen molar-refractivity contribution < 1.29 is 9.90 Å². The maximum Gasteiger partial charge on any atom is 0.272 e. The second kappa shape index (κ2) is 7.93. The van der Waals surface area contributed by atoms with E-state index in [1.54, 1.807) is 23.4 Å². The number of nitrogens with zero attached hydrogens (tertiary/aromatic N) is 4. The van der Waals surface area contributed by atoms with Crippen LogP contribution in [0.3, 0.4) is 0 Å². The molecule has 0 unspecified atom stereocenters. The Hall–Kier alpha value is -2.31. The van der Waals surface area contributed by atoms with Crippen LogP contribution >= 0.6 is 0 Å². The van der Waals surface area contributed by atoms with Gasteiger partial charge in [0.25, 0.3) is 5.91 Å². The highest BCUT2D eigenvalue weighted by Crippen LogP contribution is 2.24. The molecule has 0 radical (unpaired) electrons. The number of hydrogen-bond donors (Lipinski definition) is 1. The number of carbonyl (C=O) groups is 1. The van der Waals surface area contributed by atoms with Crippen LogP contribution in [0.5, 0.6) is 0 Å². The highest BCUT2D eigenvalue weighted by Gasteiger charge is 2.39. The molecule has 6 nitrogen and oxygen atoms in total. The first-order chi connectivity index (χ1) is 12.5. The fraction of sp³-hybridized carbons (Fsp3) is 0.450. The number of β-amino-alcohol motifs (C(OH)–C–C–N with tert-alkyl or cyclic N) is 1. The summed E-state index contributed by atoms with van der Waals surface area (Å²) in [4.78, 5) is 24.9. The fourth-order valence-electron chi connectivity index (χ4n) is 3.43. The second-order valence-corrected chi connectivity index (χ2v) is 7.02. The van der Waals surface area contributed by atoms with Crippen LogP contribution in [-0.2, 0) is 6.54 Å². The minimum Gasteiger partial charge on any atom is -0.387 e. The highest BCUT2D eigenvalue weighted by molar-refractivity contribution is 5.92. The standard InChI is InChI=1S/C20H26N4O2/c1-3-23(13-17-7-10-21-11-8-17)14-20(26)9-12-24(15-20)19(25)18-6-4-5-16(2)22-18/h4-8,10-11,26H,3,9,12-15H2,1-2H3/t20-/m1/s1. The molecule has 3 rings (SSSR count). The lowest BCUT2D eigenvalue weighted by atomic mass is 10.0. The molecule has 0 spiro atoms. The Kier molecular flexibility index (Phi) is 5.64. The lowest BCUT2D eigenvalue weighted by Crippen LogP contribution is -2.45. The van der Waals surface area contributed by atoms with Crippen molar-refractivity contribution >= 4 is 5.91 Å². The molecule has 0 aromatic carbocycles. The van der Waals surface area contributed by atoms with Gasteiger partial charge in [-0.1, -0.05) is 13.0 Å². The zero-order chi connectivity index (χ0) is 18.6. The number of aliphatic hydroxyl groups is 1. The molecule has 1 amide bonds. The summed E-state index contributed by atoms with van der Waals surface area (Å²) in [5.41, 5.74) is 1.54. The van der Waals surface area contributed by atoms with Gasteiger partial charge < -0.3 is 10.0 Å². The van der Waals surface area contributed by atoms with Crippen LogP contribution in [-0.4, -0.2) is 62.6 Å². The zero-order valence-corrected chi connectivity index (χ0v) is 15.4. The van der Waals surface area contributed by atoms with E-state index in [1.807, 2.05) is 31.2 Å². The highest BCUT2D eigenvalue weighted by atomic mass is 16.3. The smallest absolute Gasteiger partial charge is 0.272 e. The molecule has 0 saturated carbocycles. The van der Waals surface area contributed by atoms with E-state index in [1.165, 1.54) is 5.56 Å². The van der Waals surface area contributed by atoms with Gasteiger partial charge in [-0.2, -0.15) is 0 Å². The number of pyridine rings is 2. The van der Waals surface area contributed by atoms with Crippen LogP contribution < -0.4 is 0 Å². The number of aryl methyl sites for hydroxylation is 1. The average Bonchev–Trinajstić information content (AvgIpc) is 3.03. The number of aromatic nitrogens is 2. The molecule has 2 aromatic heterocycles. The maximum absolute atomic E-state index is 12.7. The Morgan fingerprint density at radius 2 is 2.08 bits per heavy atom. The van der Waals surface area contributed by atoms with Crippen molar-refractivity contribution in [3.8, 4) is 0 Å². The molecule has 6 heteroatoms. The van der Waals surface area contributed by atoms with Gasteiger partial charge in [-0.25, -0.2) is 4.98 Å². The van der Waals surface area contributed by atoms with Gasteiger partial charge in [0.1, 0.15) is 5.69 Å². The third-order valence-corrected chi connectivity index (χ3v) is 4.85. The Morgan fingerprint density at radius 3 is 2.77 bits per heavy atom. The van der Waals surface area contributed by atoms with Gasteiger partial charge in [0.15, 0.2) is 0 Å².